The molecule has 19 heavy (non-hydrogen) atoms. The Morgan fingerprint density at radius 2 is 2.00 bits per heavy atom. The van der Waals surface area contributed by atoms with Gasteiger partial charge in [-0.3, -0.25) is 0 Å². The van der Waals surface area contributed by atoms with E-state index >= 15 is 0 Å². The minimum absolute atomic E-state index is 0.475. The summed E-state index contributed by atoms with van der Waals surface area (Å²) in [6.45, 7) is 3.67. The number of nitrogens with one attached hydrogen (secondary N) is 1. The first kappa shape index (κ1) is 14.4. The molecule has 0 fully saturated rings. The van der Waals surface area contributed by atoms with Crippen molar-refractivity contribution in [3.8, 4) is 11.6 Å². The van der Waals surface area contributed by atoms with Crippen molar-refractivity contribution in [2.75, 3.05) is 6.54 Å². The molecule has 2 rings (SSSR count). The first-order valence-electron chi connectivity index (χ1n) is 5.85. The van der Waals surface area contributed by atoms with Crippen LogP contribution >= 0.6 is 31.9 Å². The summed E-state index contributed by atoms with van der Waals surface area (Å²) < 4.78 is 7.51. The Kier molecular flexibility index (Phi) is 5.30. The molecule has 0 amide bonds. The van der Waals surface area contributed by atoms with Gasteiger partial charge in [-0.25, -0.2) is 0 Å². The molecule has 0 spiro atoms. The molecule has 0 radical (unpaired) electrons. The molecule has 0 aliphatic carbocycles. The summed E-state index contributed by atoms with van der Waals surface area (Å²) >= 11 is 6.83. The van der Waals surface area contributed by atoms with Crippen LogP contribution in [0.5, 0.6) is 11.6 Å². The second-order valence-electron chi connectivity index (χ2n) is 3.82. The van der Waals surface area contributed by atoms with Gasteiger partial charge in [-0.2, -0.15) is 5.10 Å². The number of hydrogen-bond donors (Lipinski definition) is 1. The number of halogens is 2. The average Bonchev–Trinajstić information content (AvgIpc) is 2.41. The van der Waals surface area contributed by atoms with Crippen LogP contribution in [-0.2, 0) is 6.54 Å². The SMILES string of the molecule is CCNCc1ccc(Oc2ccc(Br)cc2Br)nn1. The Labute approximate surface area is 128 Å². The van der Waals surface area contributed by atoms with E-state index in [9.17, 15) is 0 Å². The van der Waals surface area contributed by atoms with Crippen LogP contribution in [0.1, 0.15) is 12.6 Å². The van der Waals surface area contributed by atoms with Crippen molar-refractivity contribution in [3.05, 3.63) is 45.0 Å². The fraction of sp³-hybridized carbons (Fsp3) is 0.231. The van der Waals surface area contributed by atoms with Gasteiger partial charge in [0.15, 0.2) is 0 Å². The summed E-state index contributed by atoms with van der Waals surface area (Å²) in [6, 6.07) is 9.41. The molecule has 0 atom stereocenters. The highest BCUT2D eigenvalue weighted by Gasteiger charge is 2.05. The monoisotopic (exact) mass is 385 g/mol. The van der Waals surface area contributed by atoms with E-state index < -0.39 is 0 Å². The largest absolute Gasteiger partial charge is 0.436 e. The highest BCUT2D eigenvalue weighted by molar-refractivity contribution is 9.11. The zero-order chi connectivity index (χ0) is 13.7. The summed E-state index contributed by atoms with van der Waals surface area (Å²) in [6.07, 6.45) is 0. The fourth-order valence-electron chi connectivity index (χ4n) is 1.42. The number of rotatable bonds is 5. The molecule has 0 aliphatic rings. The first-order valence-corrected chi connectivity index (χ1v) is 7.44. The van der Waals surface area contributed by atoms with Gasteiger partial charge in [0.1, 0.15) is 5.75 Å². The van der Waals surface area contributed by atoms with Crippen LogP contribution in [0.3, 0.4) is 0 Å². The minimum atomic E-state index is 0.475. The molecule has 0 aliphatic heterocycles. The normalized spacial score (nSPS) is 10.5. The molecule has 6 heteroatoms. The highest BCUT2D eigenvalue weighted by atomic mass is 79.9. The molecule has 0 bridgehead atoms. The van der Waals surface area contributed by atoms with E-state index in [0.29, 0.717) is 18.2 Å². The number of nitrogens with zero attached hydrogens (tertiary/aromatic N) is 2. The zero-order valence-electron chi connectivity index (χ0n) is 10.4. The van der Waals surface area contributed by atoms with E-state index in [0.717, 1.165) is 21.2 Å². The summed E-state index contributed by atoms with van der Waals surface area (Å²) in [5, 5.41) is 11.3. The van der Waals surface area contributed by atoms with E-state index in [4.69, 9.17) is 4.74 Å². The molecule has 1 heterocycles. The van der Waals surface area contributed by atoms with Crippen LogP contribution in [0.15, 0.2) is 39.3 Å². The third-order valence-electron chi connectivity index (χ3n) is 2.36. The van der Waals surface area contributed by atoms with Gasteiger partial charge < -0.3 is 10.1 Å². The Hall–Kier alpha value is -0.980. The van der Waals surface area contributed by atoms with Gasteiger partial charge in [-0.15, -0.1) is 5.10 Å². The zero-order valence-corrected chi connectivity index (χ0v) is 13.5. The van der Waals surface area contributed by atoms with Crippen molar-refractivity contribution >= 4 is 31.9 Å². The number of benzene rings is 1. The maximum absolute atomic E-state index is 5.66. The molecule has 0 saturated heterocycles. The lowest BCUT2D eigenvalue weighted by Crippen LogP contribution is -2.13. The van der Waals surface area contributed by atoms with Crippen molar-refractivity contribution < 1.29 is 4.74 Å². The van der Waals surface area contributed by atoms with Crippen molar-refractivity contribution in [2.24, 2.45) is 0 Å². The fourth-order valence-corrected chi connectivity index (χ4v) is 2.55. The van der Waals surface area contributed by atoms with Crippen LogP contribution in [0.25, 0.3) is 0 Å². The quantitative estimate of drug-likeness (QED) is 0.846. The van der Waals surface area contributed by atoms with Gasteiger partial charge in [0.2, 0.25) is 5.88 Å². The molecule has 2 aromatic rings. The molecular weight excluding hydrogens is 374 g/mol. The number of hydrogen-bond acceptors (Lipinski definition) is 4. The molecule has 0 unspecified atom stereocenters. The topological polar surface area (TPSA) is 47.0 Å². The van der Waals surface area contributed by atoms with Gasteiger partial charge in [-0.05, 0) is 46.7 Å². The maximum Gasteiger partial charge on any atom is 0.238 e. The third kappa shape index (κ3) is 4.26. The molecular formula is C13H13Br2N3O. The molecule has 0 saturated carbocycles. The van der Waals surface area contributed by atoms with Crippen molar-refractivity contribution in [1.29, 1.82) is 0 Å². The average molecular weight is 387 g/mol. The van der Waals surface area contributed by atoms with Crippen LogP contribution in [-0.4, -0.2) is 16.7 Å². The van der Waals surface area contributed by atoms with Gasteiger partial charge in [0.25, 0.3) is 0 Å². The Morgan fingerprint density at radius 1 is 1.16 bits per heavy atom. The lowest BCUT2D eigenvalue weighted by atomic mass is 10.3. The molecule has 1 aromatic heterocycles. The van der Waals surface area contributed by atoms with E-state index in [1.54, 1.807) is 0 Å². The van der Waals surface area contributed by atoms with Gasteiger partial charge in [-0.1, -0.05) is 22.9 Å². The predicted molar refractivity (Wildman–Crippen MR) is 81.3 cm³/mol. The van der Waals surface area contributed by atoms with Gasteiger partial charge in [0.05, 0.1) is 10.2 Å². The van der Waals surface area contributed by atoms with Crippen LogP contribution in [0, 0.1) is 0 Å². The van der Waals surface area contributed by atoms with Crippen molar-refractivity contribution in [2.45, 2.75) is 13.5 Å². The standard InChI is InChI=1S/C13H13Br2N3O/c1-2-16-8-10-4-6-13(18-17-10)19-12-5-3-9(14)7-11(12)15/h3-7,16H,2,8H2,1H3. The minimum Gasteiger partial charge on any atom is -0.436 e. The summed E-state index contributed by atoms with van der Waals surface area (Å²) in [5.74, 6) is 1.18. The van der Waals surface area contributed by atoms with E-state index in [1.807, 2.05) is 30.3 Å². The Bertz CT molecular complexity index is 546. The Morgan fingerprint density at radius 3 is 2.63 bits per heavy atom. The highest BCUT2D eigenvalue weighted by Crippen LogP contribution is 2.31. The smallest absolute Gasteiger partial charge is 0.238 e. The van der Waals surface area contributed by atoms with Gasteiger partial charge >= 0.3 is 0 Å². The summed E-state index contributed by atoms with van der Waals surface area (Å²) in [5.41, 5.74) is 0.893. The maximum atomic E-state index is 5.66. The van der Waals surface area contributed by atoms with E-state index in [2.05, 4.69) is 54.3 Å². The lowest BCUT2D eigenvalue weighted by molar-refractivity contribution is 0.450. The summed E-state index contributed by atoms with van der Waals surface area (Å²) in [7, 11) is 0. The van der Waals surface area contributed by atoms with Gasteiger partial charge in [0, 0.05) is 17.1 Å². The Balaban J connectivity index is 2.06. The van der Waals surface area contributed by atoms with Crippen LogP contribution < -0.4 is 10.1 Å². The lowest BCUT2D eigenvalue weighted by Gasteiger charge is -2.07. The van der Waals surface area contributed by atoms with Crippen molar-refractivity contribution in [1.82, 2.24) is 15.5 Å². The second-order valence-corrected chi connectivity index (χ2v) is 5.59. The number of ether oxygens (including phenoxy) is 1. The molecule has 4 nitrogen and oxygen atoms in total. The third-order valence-corrected chi connectivity index (χ3v) is 3.47. The van der Waals surface area contributed by atoms with Crippen molar-refractivity contribution in [3.63, 3.8) is 0 Å². The second kappa shape index (κ2) is 6.98. The predicted octanol–water partition coefficient (Wildman–Crippen LogP) is 3.90. The van der Waals surface area contributed by atoms with Crippen LogP contribution in [0.4, 0.5) is 0 Å². The summed E-state index contributed by atoms with van der Waals surface area (Å²) in [4.78, 5) is 0. The van der Waals surface area contributed by atoms with Crippen LogP contribution in [0.2, 0.25) is 0 Å². The number of aromatic nitrogens is 2. The first-order chi connectivity index (χ1) is 9.19. The molecule has 100 valence electrons. The molecule has 1 N–H and O–H groups in total. The molecule has 1 aromatic carbocycles. The van der Waals surface area contributed by atoms with E-state index in [1.165, 1.54) is 0 Å². The van der Waals surface area contributed by atoms with E-state index in [-0.39, 0.29) is 0 Å².